The lowest BCUT2D eigenvalue weighted by atomic mass is 9.81. The van der Waals surface area contributed by atoms with Gasteiger partial charge in [0.2, 0.25) is 29.5 Å². The minimum Gasteiger partial charge on any atom is -0.481 e. The quantitative estimate of drug-likeness (QED) is 0.0385. The molecule has 0 heterocycles. The standard InChI is InChI=1S/C51H92N6O15/c1-52-42(50(65)66)19-17-18-28-53-46(60)38-71-35-34-70-32-30-55-47(61)39-72-36-33-69-31-29-54-45(59)27-26-43(51(67)68)57-49(64)41-24-22-40(23-25-41)37-56-44(58)20-15-13-11-9-7-5-3-2-4-6-8-10-12-14-16-21-48(62)63/h40-43,52H,2-39H2,1H3,(H,53,60)(H,54,59)(H,55,61)(H,56,58)(H,57,64)(H,62,63)(H,65,66)(H,67,68)/t40-,41-,42-,43-/m0/s1. The number of carboxylic acid groups (broad SMARTS) is 3. The molecule has 0 spiro atoms. The maximum atomic E-state index is 13.0. The van der Waals surface area contributed by atoms with Gasteiger partial charge in [0, 0.05) is 51.4 Å². The summed E-state index contributed by atoms with van der Waals surface area (Å²) in [6.45, 7) is 2.34. The molecule has 2 atom stereocenters. The maximum Gasteiger partial charge on any atom is 0.326 e. The molecule has 1 aliphatic carbocycles. The van der Waals surface area contributed by atoms with E-state index in [1.165, 1.54) is 57.8 Å². The summed E-state index contributed by atoms with van der Waals surface area (Å²) in [5, 5.41) is 43.8. The molecule has 1 rings (SSSR count). The molecule has 72 heavy (non-hydrogen) atoms. The minimum absolute atomic E-state index is 0.0611. The van der Waals surface area contributed by atoms with Crippen molar-refractivity contribution < 1.29 is 72.6 Å². The van der Waals surface area contributed by atoms with Crippen LogP contribution in [0.4, 0.5) is 0 Å². The average molecular weight is 1030 g/mol. The van der Waals surface area contributed by atoms with Crippen LogP contribution in [-0.4, -0.2) is 161 Å². The van der Waals surface area contributed by atoms with Gasteiger partial charge in [0.25, 0.3) is 0 Å². The highest BCUT2D eigenvalue weighted by Gasteiger charge is 2.30. The van der Waals surface area contributed by atoms with E-state index in [1.54, 1.807) is 7.05 Å². The monoisotopic (exact) mass is 1030 g/mol. The van der Waals surface area contributed by atoms with Crippen LogP contribution in [0, 0.1) is 11.8 Å². The van der Waals surface area contributed by atoms with Crippen molar-refractivity contribution in [2.45, 2.75) is 179 Å². The van der Waals surface area contributed by atoms with Crippen molar-refractivity contribution in [3.63, 3.8) is 0 Å². The fourth-order valence-electron chi connectivity index (χ4n) is 8.24. The first-order valence-electron chi connectivity index (χ1n) is 26.8. The predicted octanol–water partition coefficient (Wildman–Crippen LogP) is 4.23. The number of hydrogen-bond acceptors (Lipinski definition) is 13. The van der Waals surface area contributed by atoms with Crippen molar-refractivity contribution in [1.82, 2.24) is 31.9 Å². The molecule has 5 amide bonds. The van der Waals surface area contributed by atoms with Gasteiger partial charge in [0.15, 0.2) is 0 Å². The average Bonchev–Trinajstić information content (AvgIpc) is 3.35. The third-order valence-electron chi connectivity index (χ3n) is 12.6. The van der Waals surface area contributed by atoms with Gasteiger partial charge in [-0.2, -0.15) is 0 Å². The van der Waals surface area contributed by atoms with E-state index in [0.717, 1.165) is 51.4 Å². The first kappa shape index (κ1) is 65.6. The van der Waals surface area contributed by atoms with Crippen LogP contribution in [0.25, 0.3) is 0 Å². The largest absolute Gasteiger partial charge is 0.481 e. The van der Waals surface area contributed by atoms with Gasteiger partial charge >= 0.3 is 17.9 Å². The van der Waals surface area contributed by atoms with Gasteiger partial charge in [-0.1, -0.05) is 83.5 Å². The smallest absolute Gasteiger partial charge is 0.326 e. The van der Waals surface area contributed by atoms with E-state index in [2.05, 4.69) is 31.9 Å². The van der Waals surface area contributed by atoms with Crippen molar-refractivity contribution >= 4 is 47.4 Å². The maximum absolute atomic E-state index is 13.0. The highest BCUT2D eigenvalue weighted by Crippen LogP contribution is 2.29. The van der Waals surface area contributed by atoms with Crippen LogP contribution in [0.1, 0.15) is 167 Å². The molecular formula is C51H92N6O15. The number of amides is 5. The normalized spacial score (nSPS) is 15.2. The molecular weight excluding hydrogens is 937 g/mol. The molecule has 0 aromatic carbocycles. The molecule has 0 aliphatic heterocycles. The summed E-state index contributed by atoms with van der Waals surface area (Å²) in [4.78, 5) is 95.0. The van der Waals surface area contributed by atoms with Gasteiger partial charge in [-0.05, 0) is 77.2 Å². The molecule has 416 valence electrons. The van der Waals surface area contributed by atoms with Crippen molar-refractivity contribution in [2.24, 2.45) is 11.8 Å². The van der Waals surface area contributed by atoms with Gasteiger partial charge in [-0.25, -0.2) is 4.79 Å². The van der Waals surface area contributed by atoms with Gasteiger partial charge in [0.05, 0.1) is 39.6 Å². The number of nitrogens with one attached hydrogen (secondary N) is 6. The third-order valence-corrected chi connectivity index (χ3v) is 12.6. The Morgan fingerprint density at radius 1 is 0.444 bits per heavy atom. The molecule has 1 fully saturated rings. The Hall–Kier alpha value is -4.44. The molecule has 1 aliphatic rings. The fraction of sp³-hybridized carbons (Fsp3) is 0.843. The zero-order valence-electron chi connectivity index (χ0n) is 43.4. The second kappa shape index (κ2) is 45.2. The number of ether oxygens (including phenoxy) is 4. The number of aliphatic carboxylic acids is 3. The van der Waals surface area contributed by atoms with E-state index in [9.17, 15) is 43.5 Å². The van der Waals surface area contributed by atoms with E-state index in [0.29, 0.717) is 51.6 Å². The number of rotatable bonds is 49. The number of carbonyl (C=O) groups is 8. The zero-order valence-corrected chi connectivity index (χ0v) is 43.4. The number of carboxylic acids is 3. The van der Waals surface area contributed by atoms with Gasteiger partial charge < -0.3 is 66.2 Å². The summed E-state index contributed by atoms with van der Waals surface area (Å²) in [5.74, 6) is -4.09. The Labute approximate surface area is 427 Å². The van der Waals surface area contributed by atoms with E-state index >= 15 is 0 Å². The number of unbranched alkanes of at least 4 members (excludes halogenated alkanes) is 15. The van der Waals surface area contributed by atoms with Crippen molar-refractivity contribution in [2.75, 3.05) is 86.1 Å². The Morgan fingerprint density at radius 2 is 0.889 bits per heavy atom. The van der Waals surface area contributed by atoms with E-state index in [-0.39, 0.29) is 127 Å². The van der Waals surface area contributed by atoms with Gasteiger partial charge in [-0.15, -0.1) is 0 Å². The third kappa shape index (κ3) is 39.1. The van der Waals surface area contributed by atoms with Crippen LogP contribution < -0.4 is 31.9 Å². The minimum atomic E-state index is -1.21. The second-order valence-electron chi connectivity index (χ2n) is 18.7. The molecule has 0 unspecified atom stereocenters. The molecule has 0 radical (unpaired) electrons. The lowest BCUT2D eigenvalue weighted by Gasteiger charge is -2.28. The van der Waals surface area contributed by atoms with E-state index < -0.39 is 30.0 Å². The summed E-state index contributed by atoms with van der Waals surface area (Å²) < 4.78 is 21.4. The lowest BCUT2D eigenvalue weighted by molar-refractivity contribution is -0.143. The topological polar surface area (TPSA) is 306 Å². The summed E-state index contributed by atoms with van der Waals surface area (Å²) >= 11 is 0. The molecule has 0 bridgehead atoms. The molecule has 21 nitrogen and oxygen atoms in total. The van der Waals surface area contributed by atoms with Crippen LogP contribution >= 0.6 is 0 Å². The van der Waals surface area contributed by atoms with Crippen LogP contribution in [0.3, 0.4) is 0 Å². The summed E-state index contributed by atoms with van der Waals surface area (Å²) in [5.41, 5.74) is 0. The Balaban J connectivity index is 1.98. The van der Waals surface area contributed by atoms with Crippen LogP contribution in [0.5, 0.6) is 0 Å². The Bertz CT molecular complexity index is 1500. The van der Waals surface area contributed by atoms with Crippen molar-refractivity contribution in [1.29, 1.82) is 0 Å². The van der Waals surface area contributed by atoms with Crippen LogP contribution in [-0.2, 0) is 57.3 Å². The summed E-state index contributed by atoms with van der Waals surface area (Å²) in [6, 6.07) is -1.79. The first-order valence-corrected chi connectivity index (χ1v) is 26.8. The van der Waals surface area contributed by atoms with Crippen LogP contribution in [0.2, 0.25) is 0 Å². The highest BCUT2D eigenvalue weighted by molar-refractivity contribution is 5.86. The number of hydrogen-bond donors (Lipinski definition) is 9. The van der Waals surface area contributed by atoms with Crippen molar-refractivity contribution in [3.05, 3.63) is 0 Å². The number of carbonyl (C=O) groups excluding carboxylic acids is 5. The summed E-state index contributed by atoms with van der Waals surface area (Å²) in [7, 11) is 1.59. The van der Waals surface area contributed by atoms with Gasteiger partial charge in [-0.3, -0.25) is 33.6 Å². The Morgan fingerprint density at radius 3 is 1.38 bits per heavy atom. The lowest BCUT2D eigenvalue weighted by Crippen LogP contribution is -2.45. The van der Waals surface area contributed by atoms with E-state index in [4.69, 9.17) is 29.2 Å². The molecule has 21 heteroatoms. The summed E-state index contributed by atoms with van der Waals surface area (Å²) in [6.07, 6.45) is 22.5. The molecule has 0 aromatic rings. The highest BCUT2D eigenvalue weighted by atomic mass is 16.5. The van der Waals surface area contributed by atoms with Gasteiger partial charge in [0.1, 0.15) is 25.3 Å². The Kier molecular flexibility index (Phi) is 41.2. The molecule has 1 saturated carbocycles. The van der Waals surface area contributed by atoms with Crippen molar-refractivity contribution in [3.8, 4) is 0 Å². The first-order chi connectivity index (χ1) is 34.8. The molecule has 0 saturated heterocycles. The zero-order chi connectivity index (χ0) is 52.9. The second-order valence-corrected chi connectivity index (χ2v) is 18.7. The predicted molar refractivity (Wildman–Crippen MR) is 270 cm³/mol. The molecule has 9 N–H and O–H groups in total. The van der Waals surface area contributed by atoms with Crippen LogP contribution in [0.15, 0.2) is 0 Å². The fourth-order valence-corrected chi connectivity index (χ4v) is 8.24. The SMILES string of the molecule is CN[C@@H](CCCCNC(=O)COCCOCCNC(=O)COCCOCCNC(=O)CC[C@H](NC(=O)[C@H]1CC[C@H](CNC(=O)CCCCCCCCCCCCCCCCCC(=O)O)CC1)C(=O)O)C(=O)O. The van der Waals surface area contributed by atoms with E-state index in [1.807, 2.05) is 0 Å². The number of likely N-dealkylation sites (N-methyl/N-ethyl adjacent to an activating group) is 1. The molecule has 0 aromatic heterocycles.